The van der Waals surface area contributed by atoms with Gasteiger partial charge in [0.25, 0.3) is 5.91 Å². The fraction of sp³-hybridized carbons (Fsp3) is 0.258. The van der Waals surface area contributed by atoms with Gasteiger partial charge in [0.15, 0.2) is 0 Å². The second-order valence-electron chi connectivity index (χ2n) is 9.92. The van der Waals surface area contributed by atoms with Crippen molar-refractivity contribution < 1.29 is 9.53 Å². The van der Waals surface area contributed by atoms with Gasteiger partial charge >= 0.3 is 0 Å². The van der Waals surface area contributed by atoms with Gasteiger partial charge in [0.2, 0.25) is 11.1 Å². The van der Waals surface area contributed by atoms with Crippen LogP contribution in [0.25, 0.3) is 0 Å². The van der Waals surface area contributed by atoms with Crippen molar-refractivity contribution in [1.82, 2.24) is 14.8 Å². The number of nitrogens with zero attached hydrogens (tertiary/aromatic N) is 3. The molecule has 0 radical (unpaired) electrons. The molecule has 0 saturated carbocycles. The number of carbonyl (C=O) groups excluding carboxylic acids is 1. The van der Waals surface area contributed by atoms with E-state index in [1.807, 2.05) is 84.4 Å². The number of nitrogens with one attached hydrogen (secondary N) is 2. The monoisotopic (exact) mass is 539 g/mol. The van der Waals surface area contributed by atoms with Crippen LogP contribution in [-0.4, -0.2) is 27.3 Å². The van der Waals surface area contributed by atoms with Gasteiger partial charge in [0.05, 0.1) is 12.2 Å². The number of hydrogen-bond donors (Lipinski definition) is 2. The highest BCUT2D eigenvalue weighted by Gasteiger charge is 2.34. The van der Waals surface area contributed by atoms with Gasteiger partial charge < -0.3 is 15.4 Å². The highest BCUT2D eigenvalue weighted by molar-refractivity contribution is 7.98. The Morgan fingerprint density at radius 3 is 2.41 bits per heavy atom. The number of ether oxygens (including phenoxy) is 1. The topological polar surface area (TPSA) is 81.1 Å². The van der Waals surface area contributed by atoms with Crippen LogP contribution in [0.15, 0.2) is 101 Å². The van der Waals surface area contributed by atoms with Crippen molar-refractivity contribution >= 4 is 29.3 Å². The Bertz CT molecular complexity index is 1430. The lowest BCUT2D eigenvalue weighted by Crippen LogP contribution is -2.31. The molecule has 0 saturated heterocycles. The Labute approximate surface area is 233 Å². The largest absolute Gasteiger partial charge is 0.494 e. The van der Waals surface area contributed by atoms with E-state index in [2.05, 4.69) is 36.6 Å². The summed E-state index contributed by atoms with van der Waals surface area (Å²) in [6.07, 6.45) is 0.994. The lowest BCUT2D eigenvalue weighted by molar-refractivity contribution is -0.113. The molecule has 5 rings (SSSR count). The van der Waals surface area contributed by atoms with E-state index in [0.717, 1.165) is 34.9 Å². The highest BCUT2D eigenvalue weighted by Crippen LogP contribution is 2.37. The minimum atomic E-state index is -0.451. The number of rotatable bonds is 10. The van der Waals surface area contributed by atoms with E-state index in [1.165, 1.54) is 5.56 Å². The van der Waals surface area contributed by atoms with Crippen molar-refractivity contribution in [3.05, 3.63) is 107 Å². The Morgan fingerprint density at radius 2 is 1.72 bits per heavy atom. The minimum absolute atomic E-state index is 0.187. The number of aromatic nitrogens is 3. The predicted molar refractivity (Wildman–Crippen MR) is 157 cm³/mol. The van der Waals surface area contributed by atoms with Crippen molar-refractivity contribution in [2.45, 2.75) is 44.1 Å². The third kappa shape index (κ3) is 6.52. The molecule has 1 aliphatic rings. The molecule has 200 valence electrons. The summed E-state index contributed by atoms with van der Waals surface area (Å²) in [6, 6.07) is 27.2. The number of amides is 1. The maximum atomic E-state index is 13.7. The molecule has 0 bridgehead atoms. The molecular weight excluding hydrogens is 506 g/mol. The van der Waals surface area contributed by atoms with Gasteiger partial charge in [-0.2, -0.15) is 4.98 Å². The lowest BCUT2D eigenvalue weighted by atomic mass is 9.95. The molecule has 7 nitrogen and oxygen atoms in total. The Hall–Kier alpha value is -4.04. The SMILES string of the molecule is CC1=C(C(=O)Nc2ccccc2)C(c2ccc(OCCC(C)C)cc2)n2nc(SCc3ccccc3)nc2N1. The molecule has 1 atom stereocenters. The van der Waals surface area contributed by atoms with Crippen LogP contribution in [0, 0.1) is 5.92 Å². The molecule has 0 fully saturated rings. The van der Waals surface area contributed by atoms with Crippen LogP contribution < -0.4 is 15.4 Å². The molecular formula is C31H33N5O2S. The second-order valence-corrected chi connectivity index (χ2v) is 10.9. The number of benzene rings is 3. The maximum Gasteiger partial charge on any atom is 0.255 e. The predicted octanol–water partition coefficient (Wildman–Crippen LogP) is 6.92. The minimum Gasteiger partial charge on any atom is -0.494 e. The summed E-state index contributed by atoms with van der Waals surface area (Å²) in [4.78, 5) is 18.4. The van der Waals surface area contributed by atoms with Crippen LogP contribution in [0.1, 0.15) is 44.4 Å². The van der Waals surface area contributed by atoms with Crippen LogP contribution in [0.3, 0.4) is 0 Å². The Kier molecular flexibility index (Phi) is 8.32. The number of anilines is 2. The molecule has 2 N–H and O–H groups in total. The van der Waals surface area contributed by atoms with E-state index in [-0.39, 0.29) is 5.91 Å². The summed E-state index contributed by atoms with van der Waals surface area (Å²) < 4.78 is 7.75. The number of fused-ring (bicyclic) bond motifs is 1. The first-order valence-corrected chi connectivity index (χ1v) is 14.2. The van der Waals surface area contributed by atoms with Crippen LogP contribution >= 0.6 is 11.8 Å². The van der Waals surface area contributed by atoms with E-state index in [1.54, 1.807) is 11.8 Å². The molecule has 0 spiro atoms. The number of para-hydroxylation sites is 1. The first-order chi connectivity index (χ1) is 19.0. The number of thioether (sulfide) groups is 1. The molecule has 8 heteroatoms. The standard InChI is InChI=1S/C31H33N5O2S/c1-21(2)18-19-38-26-16-14-24(15-17-26)28-27(29(37)33-25-12-8-5-9-13-25)22(3)32-30-34-31(35-36(28)30)39-20-23-10-6-4-7-11-23/h4-17,21,28H,18-20H2,1-3H3,(H,33,37)(H,32,34,35). The van der Waals surface area contributed by atoms with E-state index < -0.39 is 6.04 Å². The second kappa shape index (κ2) is 12.2. The summed E-state index contributed by atoms with van der Waals surface area (Å²) in [5.41, 5.74) is 4.19. The summed E-state index contributed by atoms with van der Waals surface area (Å²) >= 11 is 1.57. The molecule has 1 aromatic heterocycles. The molecule has 0 aliphatic carbocycles. The molecule has 1 amide bonds. The number of carbonyl (C=O) groups is 1. The Morgan fingerprint density at radius 1 is 1.03 bits per heavy atom. The normalized spacial score (nSPS) is 14.6. The average Bonchev–Trinajstić information content (AvgIpc) is 3.35. The van der Waals surface area contributed by atoms with Gasteiger partial charge in [-0.05, 0) is 54.7 Å². The zero-order valence-electron chi connectivity index (χ0n) is 22.4. The van der Waals surface area contributed by atoms with Gasteiger partial charge in [0, 0.05) is 17.1 Å². The quantitative estimate of drug-likeness (QED) is 0.213. The van der Waals surface area contributed by atoms with Gasteiger partial charge in [-0.1, -0.05) is 86.3 Å². The van der Waals surface area contributed by atoms with Crippen LogP contribution in [-0.2, 0) is 10.5 Å². The first kappa shape index (κ1) is 26.6. The maximum absolute atomic E-state index is 13.7. The lowest BCUT2D eigenvalue weighted by Gasteiger charge is -2.28. The third-order valence-electron chi connectivity index (χ3n) is 6.48. The fourth-order valence-corrected chi connectivity index (χ4v) is 5.18. The molecule has 1 unspecified atom stereocenters. The molecule has 2 heterocycles. The van der Waals surface area contributed by atoms with Crippen molar-refractivity contribution in [3.63, 3.8) is 0 Å². The van der Waals surface area contributed by atoms with Crippen molar-refractivity contribution in [1.29, 1.82) is 0 Å². The number of allylic oxidation sites excluding steroid dienone is 1. The number of hydrogen-bond acceptors (Lipinski definition) is 6. The van der Waals surface area contributed by atoms with Crippen LogP contribution in [0.2, 0.25) is 0 Å². The summed E-state index contributed by atoms with van der Waals surface area (Å²) in [7, 11) is 0. The van der Waals surface area contributed by atoms with Crippen molar-refractivity contribution in [3.8, 4) is 5.75 Å². The van der Waals surface area contributed by atoms with Gasteiger partial charge in [-0.15, -0.1) is 5.10 Å². The molecule has 4 aromatic rings. The fourth-order valence-electron chi connectivity index (χ4n) is 4.40. The molecule has 1 aliphatic heterocycles. The Balaban J connectivity index is 1.45. The summed E-state index contributed by atoms with van der Waals surface area (Å²) in [5, 5.41) is 11.9. The van der Waals surface area contributed by atoms with Gasteiger partial charge in [-0.25, -0.2) is 4.68 Å². The molecule has 3 aromatic carbocycles. The molecule has 39 heavy (non-hydrogen) atoms. The zero-order valence-corrected chi connectivity index (χ0v) is 23.2. The van der Waals surface area contributed by atoms with E-state index in [9.17, 15) is 4.79 Å². The highest BCUT2D eigenvalue weighted by atomic mass is 32.2. The van der Waals surface area contributed by atoms with Gasteiger partial charge in [-0.3, -0.25) is 4.79 Å². The zero-order chi connectivity index (χ0) is 27.2. The van der Waals surface area contributed by atoms with Crippen molar-refractivity contribution in [2.75, 3.05) is 17.2 Å². The van der Waals surface area contributed by atoms with Crippen LogP contribution in [0.5, 0.6) is 5.75 Å². The first-order valence-electron chi connectivity index (χ1n) is 13.2. The third-order valence-corrected chi connectivity index (χ3v) is 7.39. The summed E-state index contributed by atoms with van der Waals surface area (Å²) in [6.45, 7) is 6.94. The summed E-state index contributed by atoms with van der Waals surface area (Å²) in [5.74, 6) is 2.57. The smallest absolute Gasteiger partial charge is 0.255 e. The van der Waals surface area contributed by atoms with Crippen molar-refractivity contribution in [2.24, 2.45) is 5.92 Å². The van der Waals surface area contributed by atoms with Gasteiger partial charge in [0.1, 0.15) is 11.8 Å². The van der Waals surface area contributed by atoms with Crippen LogP contribution in [0.4, 0.5) is 11.6 Å². The average molecular weight is 540 g/mol. The van der Waals surface area contributed by atoms with E-state index in [0.29, 0.717) is 29.2 Å². The van der Waals surface area contributed by atoms with E-state index >= 15 is 0 Å². The van der Waals surface area contributed by atoms with E-state index in [4.69, 9.17) is 14.8 Å².